The Morgan fingerprint density at radius 1 is 1.23 bits per heavy atom. The molecule has 9 nitrogen and oxygen atoms in total. The third-order valence-electron chi connectivity index (χ3n) is 4.48. The van der Waals surface area contributed by atoms with E-state index in [1.807, 2.05) is 30.3 Å². The minimum atomic E-state index is -0.576. The second-order valence-electron chi connectivity index (χ2n) is 6.61. The van der Waals surface area contributed by atoms with Gasteiger partial charge in [-0.15, -0.1) is 0 Å². The van der Waals surface area contributed by atoms with E-state index in [1.165, 1.54) is 26.4 Å². The number of nitro benzene ring substituents is 1. The number of amides is 1. The van der Waals surface area contributed by atoms with Gasteiger partial charge in [-0.1, -0.05) is 42.5 Å². The second-order valence-corrected chi connectivity index (χ2v) is 6.61. The number of carbonyl (C=O) groups excluding carboxylic acids is 2. The molecule has 0 spiro atoms. The van der Waals surface area contributed by atoms with E-state index in [0.29, 0.717) is 26.0 Å². The van der Waals surface area contributed by atoms with Crippen LogP contribution in [0.3, 0.4) is 0 Å². The lowest BCUT2D eigenvalue weighted by Crippen LogP contribution is -2.28. The molecule has 1 aliphatic heterocycles. The molecule has 0 saturated carbocycles. The summed E-state index contributed by atoms with van der Waals surface area (Å²) in [6, 6.07) is 12.1. The Morgan fingerprint density at radius 2 is 1.90 bits per heavy atom. The molecule has 0 unspecified atom stereocenters. The van der Waals surface area contributed by atoms with Crippen LogP contribution in [0.4, 0.5) is 5.69 Å². The molecule has 1 aliphatic rings. The van der Waals surface area contributed by atoms with Crippen molar-refractivity contribution in [3.8, 4) is 11.5 Å². The minimum absolute atomic E-state index is 0.0152. The predicted molar refractivity (Wildman–Crippen MR) is 113 cm³/mol. The number of ether oxygens (including phenoxy) is 3. The Morgan fingerprint density at radius 3 is 2.42 bits per heavy atom. The first-order valence-corrected chi connectivity index (χ1v) is 9.36. The highest BCUT2D eigenvalue weighted by molar-refractivity contribution is 5.99. The van der Waals surface area contributed by atoms with Crippen LogP contribution >= 0.6 is 0 Å². The first-order valence-electron chi connectivity index (χ1n) is 9.36. The van der Waals surface area contributed by atoms with Crippen LogP contribution in [0.15, 0.2) is 54.6 Å². The highest BCUT2D eigenvalue weighted by Gasteiger charge is 2.30. The number of methoxy groups -OCH3 is 2. The van der Waals surface area contributed by atoms with Crippen LogP contribution in [-0.4, -0.2) is 49.5 Å². The number of likely N-dealkylation sites (tertiary alicyclic amines) is 1. The molecule has 1 saturated heterocycles. The zero-order chi connectivity index (χ0) is 22.8. The number of benzene rings is 2. The first kappa shape index (κ1) is 23.4. The fourth-order valence-electron chi connectivity index (χ4n) is 2.94. The van der Waals surface area contributed by atoms with E-state index in [0.717, 1.165) is 11.1 Å². The van der Waals surface area contributed by atoms with Crippen molar-refractivity contribution in [3.05, 3.63) is 75.9 Å². The molecule has 0 N–H and O–H groups in total. The number of hydrogen-bond donors (Lipinski definition) is 0. The molecule has 2 aromatic rings. The van der Waals surface area contributed by atoms with Crippen molar-refractivity contribution in [1.29, 1.82) is 0 Å². The van der Waals surface area contributed by atoms with Gasteiger partial charge in [0.2, 0.25) is 0 Å². The molecule has 0 bridgehead atoms. The average Bonchev–Trinajstić information content (AvgIpc) is 3.23. The van der Waals surface area contributed by atoms with E-state index in [-0.39, 0.29) is 29.4 Å². The summed E-state index contributed by atoms with van der Waals surface area (Å²) in [7, 11) is 2.75. The van der Waals surface area contributed by atoms with Crippen LogP contribution in [0.5, 0.6) is 11.5 Å². The SMILES string of the molecule is C=C1CCN(C(=O)c2cc(OC)c(OCc3ccccc3)cc2[N+](=O)[O-])C1.COC=O. The molecule has 1 heterocycles. The van der Waals surface area contributed by atoms with Crippen LogP contribution < -0.4 is 9.47 Å². The maximum absolute atomic E-state index is 12.8. The van der Waals surface area contributed by atoms with Gasteiger partial charge in [-0.25, -0.2) is 0 Å². The highest BCUT2D eigenvalue weighted by atomic mass is 16.6. The fraction of sp³-hybridized carbons (Fsp3) is 0.273. The largest absolute Gasteiger partial charge is 0.493 e. The van der Waals surface area contributed by atoms with Crippen molar-refractivity contribution in [3.63, 3.8) is 0 Å². The standard InChI is InChI=1S/C20H20N2O5.C2H4O2/c1-14-8-9-21(12-14)20(23)16-10-18(26-2)19(11-17(16)22(24)25)27-13-15-6-4-3-5-7-15;1-4-2-3/h3-7,10-11H,1,8-9,12-13H2,2H3;2H,1H3. The third kappa shape index (κ3) is 6.30. The van der Waals surface area contributed by atoms with Gasteiger partial charge in [0.1, 0.15) is 12.2 Å². The van der Waals surface area contributed by atoms with E-state index in [2.05, 4.69) is 11.3 Å². The quantitative estimate of drug-likeness (QED) is 0.288. The van der Waals surface area contributed by atoms with Gasteiger partial charge < -0.3 is 19.1 Å². The highest BCUT2D eigenvalue weighted by Crippen LogP contribution is 2.36. The fourth-order valence-corrected chi connectivity index (χ4v) is 2.94. The van der Waals surface area contributed by atoms with Gasteiger partial charge in [0.15, 0.2) is 11.5 Å². The van der Waals surface area contributed by atoms with Crippen LogP contribution in [0.2, 0.25) is 0 Å². The Bertz CT molecular complexity index is 944. The van der Waals surface area contributed by atoms with Crippen molar-refractivity contribution in [2.24, 2.45) is 0 Å². The molecular formula is C22H24N2O7. The Labute approximate surface area is 180 Å². The maximum atomic E-state index is 12.8. The molecule has 9 heteroatoms. The second kappa shape index (κ2) is 11.3. The summed E-state index contributed by atoms with van der Waals surface area (Å²) in [5, 5.41) is 11.6. The molecular weight excluding hydrogens is 404 g/mol. The Balaban J connectivity index is 0.000000785. The zero-order valence-corrected chi connectivity index (χ0v) is 17.4. The van der Waals surface area contributed by atoms with E-state index in [1.54, 1.807) is 4.90 Å². The molecule has 3 rings (SSSR count). The van der Waals surface area contributed by atoms with E-state index < -0.39 is 10.8 Å². The van der Waals surface area contributed by atoms with Gasteiger partial charge >= 0.3 is 0 Å². The topological polar surface area (TPSA) is 108 Å². The van der Waals surface area contributed by atoms with E-state index in [4.69, 9.17) is 14.3 Å². The maximum Gasteiger partial charge on any atom is 0.292 e. The number of hydrogen-bond acceptors (Lipinski definition) is 7. The van der Waals surface area contributed by atoms with Crippen molar-refractivity contribution in [2.75, 3.05) is 27.3 Å². The summed E-state index contributed by atoms with van der Waals surface area (Å²) in [6.07, 6.45) is 0.703. The molecule has 0 radical (unpaired) electrons. The lowest BCUT2D eigenvalue weighted by Gasteiger charge is -2.17. The van der Waals surface area contributed by atoms with E-state index in [9.17, 15) is 14.9 Å². The first-order chi connectivity index (χ1) is 14.9. The summed E-state index contributed by atoms with van der Waals surface area (Å²) >= 11 is 0. The Kier molecular flexibility index (Phi) is 8.56. The lowest BCUT2D eigenvalue weighted by molar-refractivity contribution is -0.385. The number of rotatable bonds is 7. The normalized spacial score (nSPS) is 12.5. The number of carbonyl (C=O) groups is 2. The van der Waals surface area contributed by atoms with Gasteiger partial charge in [-0.05, 0) is 12.0 Å². The molecule has 0 aromatic heterocycles. The van der Waals surface area contributed by atoms with Crippen LogP contribution in [0.1, 0.15) is 22.3 Å². The van der Waals surface area contributed by atoms with Crippen molar-refractivity contribution < 1.29 is 28.7 Å². The van der Waals surface area contributed by atoms with Crippen LogP contribution in [0.25, 0.3) is 0 Å². The smallest absolute Gasteiger partial charge is 0.292 e. The van der Waals surface area contributed by atoms with Gasteiger partial charge in [0.05, 0.1) is 25.2 Å². The summed E-state index contributed by atoms with van der Waals surface area (Å²) < 4.78 is 14.9. The monoisotopic (exact) mass is 428 g/mol. The van der Waals surface area contributed by atoms with Gasteiger partial charge in [-0.2, -0.15) is 0 Å². The summed E-state index contributed by atoms with van der Waals surface area (Å²) in [6.45, 7) is 5.38. The average molecular weight is 428 g/mol. The summed E-state index contributed by atoms with van der Waals surface area (Å²) in [5.74, 6) is 0.0848. The molecule has 2 aromatic carbocycles. The summed E-state index contributed by atoms with van der Waals surface area (Å²) in [4.78, 5) is 34.2. The lowest BCUT2D eigenvalue weighted by atomic mass is 10.1. The van der Waals surface area contributed by atoms with Gasteiger partial charge in [0, 0.05) is 19.2 Å². The van der Waals surface area contributed by atoms with Gasteiger partial charge in [-0.3, -0.25) is 19.7 Å². The predicted octanol–water partition coefficient (Wildman–Crippen LogP) is 3.37. The summed E-state index contributed by atoms with van der Waals surface area (Å²) in [5.41, 5.74) is 1.53. The third-order valence-corrected chi connectivity index (χ3v) is 4.48. The van der Waals surface area contributed by atoms with Crippen molar-refractivity contribution in [1.82, 2.24) is 4.90 Å². The van der Waals surface area contributed by atoms with Crippen molar-refractivity contribution >= 4 is 18.1 Å². The Hall–Kier alpha value is -3.88. The number of nitro groups is 1. The minimum Gasteiger partial charge on any atom is -0.493 e. The molecule has 31 heavy (non-hydrogen) atoms. The molecule has 1 fully saturated rings. The zero-order valence-electron chi connectivity index (χ0n) is 17.4. The van der Waals surface area contributed by atoms with Gasteiger partial charge in [0.25, 0.3) is 18.1 Å². The molecule has 0 atom stereocenters. The molecule has 0 aliphatic carbocycles. The number of nitrogens with zero attached hydrogens (tertiary/aromatic N) is 2. The van der Waals surface area contributed by atoms with E-state index >= 15 is 0 Å². The molecule has 164 valence electrons. The van der Waals surface area contributed by atoms with Crippen LogP contribution in [0, 0.1) is 10.1 Å². The molecule has 1 amide bonds. The van der Waals surface area contributed by atoms with Crippen LogP contribution in [-0.2, 0) is 16.1 Å². The van der Waals surface area contributed by atoms with Crippen molar-refractivity contribution in [2.45, 2.75) is 13.0 Å².